The zero-order valence-electron chi connectivity index (χ0n) is 13.4. The van der Waals surface area contributed by atoms with E-state index in [-0.39, 0.29) is 6.03 Å². The van der Waals surface area contributed by atoms with Crippen LogP contribution < -0.4 is 5.32 Å². The summed E-state index contributed by atoms with van der Waals surface area (Å²) in [5.41, 5.74) is 0. The predicted octanol–water partition coefficient (Wildman–Crippen LogP) is 2.15. The number of hydrogen-bond donors (Lipinski definition) is 1. The molecule has 0 radical (unpaired) electrons. The molecule has 2 heterocycles. The van der Waals surface area contributed by atoms with Gasteiger partial charge in [-0.1, -0.05) is 19.3 Å². The SMILES string of the molecule is O=C(NCCn1cccc1)N1CCN(C2CCCCC2)CC1. The predicted molar refractivity (Wildman–Crippen MR) is 87.8 cm³/mol. The molecule has 1 saturated heterocycles. The first-order valence-corrected chi connectivity index (χ1v) is 8.70. The fraction of sp³-hybridized carbons (Fsp3) is 0.706. The van der Waals surface area contributed by atoms with Gasteiger partial charge in [-0.15, -0.1) is 0 Å². The van der Waals surface area contributed by atoms with Gasteiger partial charge < -0.3 is 14.8 Å². The Morgan fingerprint density at radius 2 is 1.68 bits per heavy atom. The molecular weight excluding hydrogens is 276 g/mol. The summed E-state index contributed by atoms with van der Waals surface area (Å²) in [5.74, 6) is 0. The monoisotopic (exact) mass is 304 g/mol. The minimum absolute atomic E-state index is 0.0930. The average Bonchev–Trinajstić information content (AvgIpc) is 3.09. The molecule has 0 spiro atoms. The van der Waals surface area contributed by atoms with Crippen LogP contribution >= 0.6 is 0 Å². The van der Waals surface area contributed by atoms with E-state index in [1.165, 1.54) is 32.1 Å². The van der Waals surface area contributed by atoms with Gasteiger partial charge in [0.2, 0.25) is 0 Å². The van der Waals surface area contributed by atoms with Crippen molar-refractivity contribution in [3.63, 3.8) is 0 Å². The number of rotatable bonds is 4. The van der Waals surface area contributed by atoms with E-state index in [4.69, 9.17) is 0 Å². The zero-order chi connectivity index (χ0) is 15.2. The summed E-state index contributed by atoms with van der Waals surface area (Å²) in [7, 11) is 0. The lowest BCUT2D eigenvalue weighted by molar-refractivity contribution is 0.0906. The second kappa shape index (κ2) is 7.68. The van der Waals surface area contributed by atoms with E-state index in [0.29, 0.717) is 6.54 Å². The summed E-state index contributed by atoms with van der Waals surface area (Å²) in [5, 5.41) is 3.03. The highest BCUT2D eigenvalue weighted by molar-refractivity contribution is 5.74. The summed E-state index contributed by atoms with van der Waals surface area (Å²) in [6.07, 6.45) is 10.9. The Labute approximate surface area is 133 Å². The Balaban J connectivity index is 1.36. The minimum Gasteiger partial charge on any atom is -0.353 e. The highest BCUT2D eigenvalue weighted by Crippen LogP contribution is 2.23. The van der Waals surface area contributed by atoms with Gasteiger partial charge in [0.1, 0.15) is 0 Å². The number of aromatic nitrogens is 1. The summed E-state index contributed by atoms with van der Waals surface area (Å²) < 4.78 is 2.08. The fourth-order valence-corrected chi connectivity index (χ4v) is 3.66. The van der Waals surface area contributed by atoms with E-state index < -0.39 is 0 Å². The summed E-state index contributed by atoms with van der Waals surface area (Å²) in [4.78, 5) is 16.8. The second-order valence-corrected chi connectivity index (χ2v) is 6.47. The third kappa shape index (κ3) is 4.03. The molecule has 2 fully saturated rings. The van der Waals surface area contributed by atoms with Crippen molar-refractivity contribution in [2.45, 2.75) is 44.7 Å². The normalized spacial score (nSPS) is 21.0. The molecule has 3 rings (SSSR count). The molecule has 1 aliphatic carbocycles. The number of nitrogens with zero attached hydrogens (tertiary/aromatic N) is 3. The van der Waals surface area contributed by atoms with E-state index >= 15 is 0 Å². The zero-order valence-corrected chi connectivity index (χ0v) is 13.4. The van der Waals surface area contributed by atoms with Crippen LogP contribution in [0, 0.1) is 0 Å². The van der Waals surface area contributed by atoms with Gasteiger partial charge in [-0.3, -0.25) is 4.90 Å². The first-order chi connectivity index (χ1) is 10.8. The molecule has 1 saturated carbocycles. The van der Waals surface area contributed by atoms with E-state index in [1.807, 2.05) is 29.4 Å². The van der Waals surface area contributed by atoms with Gasteiger partial charge in [0.05, 0.1) is 0 Å². The summed E-state index contributed by atoms with van der Waals surface area (Å²) in [6.45, 7) is 5.33. The van der Waals surface area contributed by atoms with Crippen LogP contribution in [-0.4, -0.2) is 59.2 Å². The Hall–Kier alpha value is -1.49. The standard InChI is InChI=1S/C17H28N4O/c22-17(18-8-11-19-9-4-5-10-19)21-14-12-20(13-15-21)16-6-2-1-3-7-16/h4-5,9-10,16H,1-3,6-8,11-15H2,(H,18,22). The maximum Gasteiger partial charge on any atom is 0.317 e. The first-order valence-electron chi connectivity index (χ1n) is 8.70. The van der Waals surface area contributed by atoms with Gasteiger partial charge in [0, 0.05) is 57.7 Å². The van der Waals surface area contributed by atoms with E-state index in [9.17, 15) is 4.79 Å². The Morgan fingerprint density at radius 3 is 2.36 bits per heavy atom. The van der Waals surface area contributed by atoms with Gasteiger partial charge >= 0.3 is 6.03 Å². The molecule has 5 heteroatoms. The van der Waals surface area contributed by atoms with Crippen LogP contribution in [0.1, 0.15) is 32.1 Å². The number of piperazine rings is 1. The van der Waals surface area contributed by atoms with Crippen molar-refractivity contribution < 1.29 is 4.79 Å². The molecule has 0 aromatic carbocycles. The Morgan fingerprint density at radius 1 is 1.00 bits per heavy atom. The number of urea groups is 1. The molecule has 0 bridgehead atoms. The van der Waals surface area contributed by atoms with Crippen LogP contribution in [0.25, 0.3) is 0 Å². The summed E-state index contributed by atoms with van der Waals surface area (Å²) in [6, 6.07) is 4.88. The van der Waals surface area contributed by atoms with Crippen molar-refractivity contribution in [2.75, 3.05) is 32.7 Å². The number of nitrogens with one attached hydrogen (secondary N) is 1. The van der Waals surface area contributed by atoms with Crippen LogP contribution in [0.15, 0.2) is 24.5 Å². The lowest BCUT2D eigenvalue weighted by atomic mass is 9.94. The van der Waals surface area contributed by atoms with E-state index in [2.05, 4.69) is 14.8 Å². The van der Waals surface area contributed by atoms with Gasteiger partial charge in [0.25, 0.3) is 0 Å². The Bertz CT molecular complexity index is 445. The van der Waals surface area contributed by atoms with Crippen LogP contribution in [0.5, 0.6) is 0 Å². The van der Waals surface area contributed by atoms with Crippen molar-refractivity contribution in [1.29, 1.82) is 0 Å². The Kier molecular flexibility index (Phi) is 5.38. The number of amides is 2. The molecule has 1 aromatic heterocycles. The number of carbonyl (C=O) groups excluding carboxylic acids is 1. The lowest BCUT2D eigenvalue weighted by Gasteiger charge is -2.40. The van der Waals surface area contributed by atoms with Crippen LogP contribution in [0.2, 0.25) is 0 Å². The third-order valence-electron chi connectivity index (χ3n) is 5.00. The molecule has 22 heavy (non-hydrogen) atoms. The van der Waals surface area contributed by atoms with E-state index in [0.717, 1.165) is 38.8 Å². The second-order valence-electron chi connectivity index (χ2n) is 6.47. The smallest absolute Gasteiger partial charge is 0.317 e. The largest absolute Gasteiger partial charge is 0.353 e. The van der Waals surface area contributed by atoms with E-state index in [1.54, 1.807) is 0 Å². The van der Waals surface area contributed by atoms with Crippen molar-refractivity contribution in [1.82, 2.24) is 19.7 Å². The van der Waals surface area contributed by atoms with Gasteiger partial charge in [-0.05, 0) is 25.0 Å². The van der Waals surface area contributed by atoms with Crippen molar-refractivity contribution >= 4 is 6.03 Å². The maximum absolute atomic E-state index is 12.2. The van der Waals surface area contributed by atoms with Gasteiger partial charge in [-0.2, -0.15) is 0 Å². The molecule has 2 aliphatic rings. The van der Waals surface area contributed by atoms with Crippen molar-refractivity contribution in [2.24, 2.45) is 0 Å². The molecule has 0 atom stereocenters. The van der Waals surface area contributed by atoms with Crippen LogP contribution in [0.4, 0.5) is 4.79 Å². The highest BCUT2D eigenvalue weighted by atomic mass is 16.2. The lowest BCUT2D eigenvalue weighted by Crippen LogP contribution is -2.54. The molecule has 1 aliphatic heterocycles. The minimum atomic E-state index is 0.0930. The van der Waals surface area contributed by atoms with Crippen molar-refractivity contribution in [3.05, 3.63) is 24.5 Å². The maximum atomic E-state index is 12.2. The summed E-state index contributed by atoms with van der Waals surface area (Å²) >= 11 is 0. The first kappa shape index (κ1) is 15.4. The molecule has 1 aromatic rings. The quantitative estimate of drug-likeness (QED) is 0.926. The molecular formula is C17H28N4O. The molecule has 122 valence electrons. The highest BCUT2D eigenvalue weighted by Gasteiger charge is 2.26. The van der Waals surface area contributed by atoms with Gasteiger partial charge in [-0.25, -0.2) is 4.79 Å². The third-order valence-corrected chi connectivity index (χ3v) is 5.00. The topological polar surface area (TPSA) is 40.5 Å². The fourth-order valence-electron chi connectivity index (χ4n) is 3.66. The van der Waals surface area contributed by atoms with Crippen molar-refractivity contribution in [3.8, 4) is 0 Å². The molecule has 1 N–H and O–H groups in total. The van der Waals surface area contributed by atoms with Gasteiger partial charge in [0.15, 0.2) is 0 Å². The van der Waals surface area contributed by atoms with Crippen LogP contribution in [0.3, 0.4) is 0 Å². The number of hydrogen-bond acceptors (Lipinski definition) is 2. The molecule has 5 nitrogen and oxygen atoms in total. The molecule has 2 amide bonds. The average molecular weight is 304 g/mol. The molecule has 0 unspecified atom stereocenters. The van der Waals surface area contributed by atoms with Crippen LogP contribution in [-0.2, 0) is 6.54 Å². The number of carbonyl (C=O) groups is 1.